The lowest BCUT2D eigenvalue weighted by molar-refractivity contribution is -0.138. The van der Waals surface area contributed by atoms with Gasteiger partial charge in [-0.1, -0.05) is 6.08 Å². The highest BCUT2D eigenvalue weighted by molar-refractivity contribution is 5.79. The summed E-state index contributed by atoms with van der Waals surface area (Å²) in [7, 11) is 0. The Morgan fingerprint density at radius 3 is 2.36 bits per heavy atom. The molecule has 0 aliphatic heterocycles. The number of hydrazine groups is 1. The van der Waals surface area contributed by atoms with Crippen molar-refractivity contribution in [2.24, 2.45) is 0 Å². The molecule has 0 spiro atoms. The Bertz CT molecular complexity index is 177. The number of hydrogen-bond acceptors (Lipinski definition) is 2. The number of carbonyl (C=O) groups is 2. The molecule has 1 N–H and O–H groups in total. The van der Waals surface area contributed by atoms with Crippen LogP contribution in [0, 0.1) is 0 Å². The van der Waals surface area contributed by atoms with E-state index in [9.17, 15) is 9.59 Å². The van der Waals surface area contributed by atoms with E-state index in [1.54, 1.807) is 0 Å². The molecule has 0 rings (SSSR count). The zero-order valence-corrected chi connectivity index (χ0v) is 6.76. The molecule has 0 fully saturated rings. The van der Waals surface area contributed by atoms with Crippen molar-refractivity contribution < 1.29 is 9.59 Å². The molecule has 0 unspecified atom stereocenters. The maximum Gasteiger partial charge on any atom is 0.238 e. The van der Waals surface area contributed by atoms with Gasteiger partial charge in [-0.15, -0.1) is 6.58 Å². The molecule has 0 aromatic heterocycles. The number of nitrogens with zero attached hydrogens (tertiary/aromatic N) is 1. The van der Waals surface area contributed by atoms with Gasteiger partial charge in [-0.3, -0.25) is 20.0 Å². The number of amides is 2. The van der Waals surface area contributed by atoms with E-state index in [1.807, 2.05) is 0 Å². The molecule has 2 amide bonds. The van der Waals surface area contributed by atoms with Gasteiger partial charge in [-0.2, -0.15) is 0 Å². The summed E-state index contributed by atoms with van der Waals surface area (Å²) in [4.78, 5) is 21.2. The molecular formula is C7H12N2O2. The molecule has 0 saturated carbocycles. The molecule has 0 aliphatic carbocycles. The first-order valence-corrected chi connectivity index (χ1v) is 3.24. The fourth-order valence-electron chi connectivity index (χ4n) is 0.572. The maximum absolute atomic E-state index is 10.7. The highest BCUT2D eigenvalue weighted by Crippen LogP contribution is 1.83. The second kappa shape index (κ2) is 4.49. The van der Waals surface area contributed by atoms with E-state index in [2.05, 4.69) is 12.0 Å². The van der Waals surface area contributed by atoms with Crippen molar-refractivity contribution in [2.45, 2.75) is 13.8 Å². The van der Waals surface area contributed by atoms with Crippen LogP contribution in [0.2, 0.25) is 0 Å². The molecule has 4 heteroatoms. The fraction of sp³-hybridized carbons (Fsp3) is 0.429. The predicted molar refractivity (Wildman–Crippen MR) is 41.4 cm³/mol. The largest absolute Gasteiger partial charge is 0.274 e. The molecule has 62 valence electrons. The molecule has 0 radical (unpaired) electrons. The summed E-state index contributed by atoms with van der Waals surface area (Å²) in [5, 5.41) is 1.19. The van der Waals surface area contributed by atoms with Gasteiger partial charge < -0.3 is 0 Å². The SMILES string of the molecule is C=CCN(NC(C)=O)C(C)=O. The fourth-order valence-corrected chi connectivity index (χ4v) is 0.572. The van der Waals surface area contributed by atoms with Crippen LogP contribution in [0.15, 0.2) is 12.7 Å². The first-order chi connectivity index (χ1) is 5.07. The van der Waals surface area contributed by atoms with Crippen molar-refractivity contribution >= 4 is 11.8 Å². The van der Waals surface area contributed by atoms with E-state index in [1.165, 1.54) is 24.9 Å². The van der Waals surface area contributed by atoms with Gasteiger partial charge in [0.2, 0.25) is 11.8 Å². The van der Waals surface area contributed by atoms with E-state index in [4.69, 9.17) is 0 Å². The first-order valence-electron chi connectivity index (χ1n) is 3.24. The Kier molecular flexibility index (Phi) is 3.95. The van der Waals surface area contributed by atoms with Crippen molar-refractivity contribution in [3.63, 3.8) is 0 Å². The van der Waals surface area contributed by atoms with Crippen molar-refractivity contribution in [3.05, 3.63) is 12.7 Å². The lowest BCUT2D eigenvalue weighted by atomic mass is 10.5. The summed E-state index contributed by atoms with van der Waals surface area (Å²) in [6.45, 7) is 6.49. The Morgan fingerprint density at radius 1 is 1.55 bits per heavy atom. The third kappa shape index (κ3) is 4.13. The molecule has 0 aliphatic rings. The minimum absolute atomic E-state index is 0.208. The van der Waals surface area contributed by atoms with Crippen molar-refractivity contribution in [1.29, 1.82) is 0 Å². The van der Waals surface area contributed by atoms with Crippen LogP contribution in [0.1, 0.15) is 13.8 Å². The summed E-state index contributed by atoms with van der Waals surface area (Å²) in [6.07, 6.45) is 1.54. The summed E-state index contributed by atoms with van der Waals surface area (Å²) < 4.78 is 0. The van der Waals surface area contributed by atoms with Crippen LogP contribution in [0.25, 0.3) is 0 Å². The van der Waals surface area contributed by atoms with Crippen LogP contribution in [0.3, 0.4) is 0 Å². The van der Waals surface area contributed by atoms with Gasteiger partial charge >= 0.3 is 0 Å². The summed E-state index contributed by atoms with van der Waals surface area (Å²) in [6, 6.07) is 0. The highest BCUT2D eigenvalue weighted by Gasteiger charge is 2.05. The molecule has 4 nitrogen and oxygen atoms in total. The lowest BCUT2D eigenvalue weighted by Gasteiger charge is -2.18. The average Bonchev–Trinajstić information content (AvgIpc) is 1.86. The summed E-state index contributed by atoms with van der Waals surface area (Å²) in [5.74, 6) is -0.470. The second-order valence-corrected chi connectivity index (χ2v) is 2.09. The molecule has 0 atom stereocenters. The zero-order chi connectivity index (χ0) is 8.85. The van der Waals surface area contributed by atoms with E-state index in [0.717, 1.165) is 0 Å². The predicted octanol–water partition coefficient (Wildman–Crippen LogP) is 0.0720. The van der Waals surface area contributed by atoms with Crippen molar-refractivity contribution in [1.82, 2.24) is 10.4 Å². The number of nitrogens with one attached hydrogen (secondary N) is 1. The molecule has 0 heterocycles. The third-order valence-corrected chi connectivity index (χ3v) is 0.984. The van der Waals surface area contributed by atoms with Crippen LogP contribution >= 0.6 is 0 Å². The van der Waals surface area contributed by atoms with Gasteiger partial charge in [0, 0.05) is 13.8 Å². The molecule has 0 saturated heterocycles. The maximum atomic E-state index is 10.7. The Balaban J connectivity index is 3.99. The quantitative estimate of drug-likeness (QED) is 0.454. The van der Waals surface area contributed by atoms with E-state index in [0.29, 0.717) is 6.54 Å². The van der Waals surface area contributed by atoms with E-state index < -0.39 is 0 Å². The Labute approximate surface area is 65.8 Å². The Morgan fingerprint density at radius 2 is 2.09 bits per heavy atom. The van der Waals surface area contributed by atoms with Gasteiger partial charge in [-0.25, -0.2) is 0 Å². The van der Waals surface area contributed by atoms with Gasteiger partial charge in [0.25, 0.3) is 0 Å². The number of carbonyl (C=O) groups excluding carboxylic acids is 2. The third-order valence-electron chi connectivity index (χ3n) is 0.984. The molecule has 0 aromatic rings. The summed E-state index contributed by atoms with van der Waals surface area (Å²) in [5.41, 5.74) is 2.35. The second-order valence-electron chi connectivity index (χ2n) is 2.09. The van der Waals surface area contributed by atoms with E-state index >= 15 is 0 Å². The van der Waals surface area contributed by atoms with Crippen LogP contribution < -0.4 is 5.43 Å². The standard InChI is InChI=1S/C7H12N2O2/c1-4-5-9(7(3)11)8-6(2)10/h4H,1,5H2,2-3H3,(H,8,10). The number of hydrogen-bond donors (Lipinski definition) is 1. The monoisotopic (exact) mass is 156 g/mol. The molecule has 0 aromatic carbocycles. The van der Waals surface area contributed by atoms with Crippen LogP contribution in [-0.4, -0.2) is 23.4 Å². The number of rotatable bonds is 2. The van der Waals surface area contributed by atoms with Gasteiger partial charge in [0.15, 0.2) is 0 Å². The molecule has 11 heavy (non-hydrogen) atoms. The van der Waals surface area contributed by atoms with Crippen LogP contribution in [0.5, 0.6) is 0 Å². The molecular weight excluding hydrogens is 144 g/mol. The molecule has 0 bridgehead atoms. The Hall–Kier alpha value is -1.32. The summed E-state index contributed by atoms with van der Waals surface area (Å²) >= 11 is 0. The average molecular weight is 156 g/mol. The smallest absolute Gasteiger partial charge is 0.238 e. The van der Waals surface area contributed by atoms with Gasteiger partial charge in [0.05, 0.1) is 6.54 Å². The topological polar surface area (TPSA) is 49.4 Å². The highest BCUT2D eigenvalue weighted by atomic mass is 16.2. The van der Waals surface area contributed by atoms with Gasteiger partial charge in [-0.05, 0) is 0 Å². The van der Waals surface area contributed by atoms with Crippen LogP contribution in [0.4, 0.5) is 0 Å². The minimum Gasteiger partial charge on any atom is -0.274 e. The lowest BCUT2D eigenvalue weighted by Crippen LogP contribution is -2.44. The van der Waals surface area contributed by atoms with Crippen molar-refractivity contribution in [2.75, 3.05) is 6.54 Å². The van der Waals surface area contributed by atoms with Crippen LogP contribution in [-0.2, 0) is 9.59 Å². The first kappa shape index (κ1) is 9.68. The minimum atomic E-state index is -0.262. The van der Waals surface area contributed by atoms with Crippen molar-refractivity contribution in [3.8, 4) is 0 Å². The zero-order valence-electron chi connectivity index (χ0n) is 6.76. The normalized spacial score (nSPS) is 8.55. The van der Waals surface area contributed by atoms with E-state index in [-0.39, 0.29) is 11.8 Å². The van der Waals surface area contributed by atoms with Gasteiger partial charge in [0.1, 0.15) is 0 Å².